The van der Waals surface area contributed by atoms with Gasteiger partial charge in [0, 0.05) is 11.8 Å². The number of carbonyl (C=O) groups excluding carboxylic acids is 1. The van der Waals surface area contributed by atoms with Crippen LogP contribution in [-0.4, -0.2) is 30.3 Å². The monoisotopic (exact) mass is 382 g/mol. The number of nitrogens with zero attached hydrogens (tertiary/aromatic N) is 5. The summed E-state index contributed by atoms with van der Waals surface area (Å²) >= 11 is 0. The summed E-state index contributed by atoms with van der Waals surface area (Å²) < 4.78 is 3.51. The van der Waals surface area contributed by atoms with Crippen LogP contribution < -0.4 is 5.32 Å². The van der Waals surface area contributed by atoms with Crippen LogP contribution in [0.5, 0.6) is 0 Å². The molecule has 3 heterocycles. The molecule has 0 spiro atoms. The van der Waals surface area contributed by atoms with Crippen molar-refractivity contribution < 1.29 is 4.79 Å². The molecule has 142 valence electrons. The molecule has 7 nitrogen and oxygen atoms in total. The third-order valence-corrected chi connectivity index (χ3v) is 4.86. The van der Waals surface area contributed by atoms with Crippen molar-refractivity contribution in [2.75, 3.05) is 5.32 Å². The molecule has 0 bridgehead atoms. The van der Waals surface area contributed by atoms with E-state index >= 15 is 0 Å². The second kappa shape index (κ2) is 6.87. The second-order valence-electron chi connectivity index (χ2n) is 6.84. The summed E-state index contributed by atoms with van der Waals surface area (Å²) in [4.78, 5) is 17.7. The Morgan fingerprint density at radius 3 is 2.66 bits per heavy atom. The van der Waals surface area contributed by atoms with Crippen LogP contribution in [0, 0.1) is 6.92 Å². The van der Waals surface area contributed by atoms with E-state index in [0.717, 1.165) is 33.5 Å². The molecule has 0 aliphatic rings. The van der Waals surface area contributed by atoms with E-state index in [1.54, 1.807) is 4.68 Å². The highest BCUT2D eigenvalue weighted by atomic mass is 16.2. The summed E-state index contributed by atoms with van der Waals surface area (Å²) in [5, 5.41) is 11.3. The second-order valence-corrected chi connectivity index (χ2v) is 6.84. The Hall–Kier alpha value is -4.00. The fraction of sp³-hybridized carbons (Fsp3) is 0.0909. The van der Waals surface area contributed by atoms with Crippen LogP contribution in [0.3, 0.4) is 0 Å². The van der Waals surface area contributed by atoms with Crippen LogP contribution in [-0.2, 0) is 11.3 Å². The predicted molar refractivity (Wildman–Crippen MR) is 112 cm³/mol. The van der Waals surface area contributed by atoms with Gasteiger partial charge in [-0.1, -0.05) is 53.7 Å². The number of aryl methyl sites for hydroxylation is 1. The van der Waals surface area contributed by atoms with Crippen LogP contribution in [0.1, 0.15) is 5.56 Å². The zero-order valence-corrected chi connectivity index (χ0v) is 15.8. The van der Waals surface area contributed by atoms with Crippen molar-refractivity contribution in [3.63, 3.8) is 0 Å². The van der Waals surface area contributed by atoms with Crippen molar-refractivity contribution in [3.05, 3.63) is 78.5 Å². The molecular formula is C22H18N6O. The Morgan fingerprint density at radius 2 is 1.79 bits per heavy atom. The molecule has 0 saturated heterocycles. The molecule has 29 heavy (non-hydrogen) atoms. The summed E-state index contributed by atoms with van der Waals surface area (Å²) in [6, 6.07) is 21.4. The molecule has 2 aromatic carbocycles. The molecule has 7 heteroatoms. The van der Waals surface area contributed by atoms with Crippen molar-refractivity contribution in [2.24, 2.45) is 0 Å². The van der Waals surface area contributed by atoms with Crippen molar-refractivity contribution in [3.8, 4) is 11.3 Å². The van der Waals surface area contributed by atoms with Crippen molar-refractivity contribution in [1.82, 2.24) is 24.4 Å². The van der Waals surface area contributed by atoms with Crippen molar-refractivity contribution in [2.45, 2.75) is 13.5 Å². The number of anilines is 1. The van der Waals surface area contributed by atoms with Crippen LogP contribution in [0.2, 0.25) is 0 Å². The minimum atomic E-state index is -0.193. The summed E-state index contributed by atoms with van der Waals surface area (Å²) in [5.74, 6) is 0.450. The van der Waals surface area contributed by atoms with E-state index in [-0.39, 0.29) is 12.5 Å². The van der Waals surface area contributed by atoms with Gasteiger partial charge in [-0.3, -0.25) is 9.20 Å². The van der Waals surface area contributed by atoms with Gasteiger partial charge < -0.3 is 5.32 Å². The van der Waals surface area contributed by atoms with Gasteiger partial charge in [0.1, 0.15) is 29.2 Å². The van der Waals surface area contributed by atoms with Crippen molar-refractivity contribution in [1.29, 1.82) is 0 Å². The Labute approximate surface area is 166 Å². The van der Waals surface area contributed by atoms with Gasteiger partial charge in [-0.2, -0.15) is 0 Å². The van der Waals surface area contributed by atoms with E-state index < -0.39 is 0 Å². The molecule has 1 N–H and O–H groups in total. The van der Waals surface area contributed by atoms with Crippen LogP contribution in [0.25, 0.3) is 27.9 Å². The smallest absolute Gasteiger partial charge is 0.247 e. The van der Waals surface area contributed by atoms with Gasteiger partial charge >= 0.3 is 0 Å². The fourth-order valence-electron chi connectivity index (χ4n) is 3.46. The number of benzene rings is 2. The molecule has 5 aromatic rings. The Bertz CT molecular complexity index is 1340. The zero-order valence-electron chi connectivity index (χ0n) is 15.8. The molecule has 0 aliphatic carbocycles. The number of rotatable bonds is 4. The van der Waals surface area contributed by atoms with E-state index in [9.17, 15) is 4.79 Å². The number of hydrogen-bond donors (Lipinski definition) is 1. The topological polar surface area (TPSA) is 77.1 Å². The van der Waals surface area contributed by atoms with E-state index in [0.29, 0.717) is 5.82 Å². The molecule has 5 rings (SSSR count). The molecule has 0 aliphatic heterocycles. The molecular weight excluding hydrogens is 364 g/mol. The maximum Gasteiger partial charge on any atom is 0.247 e. The number of imidazole rings is 1. The third-order valence-electron chi connectivity index (χ3n) is 4.86. The van der Waals surface area contributed by atoms with Gasteiger partial charge in [0.05, 0.1) is 5.52 Å². The molecule has 0 saturated carbocycles. The van der Waals surface area contributed by atoms with Gasteiger partial charge in [-0.05, 0) is 30.7 Å². The summed E-state index contributed by atoms with van der Waals surface area (Å²) in [5.41, 5.74) is 5.10. The zero-order chi connectivity index (χ0) is 19.8. The number of pyridine rings is 1. The highest BCUT2D eigenvalue weighted by molar-refractivity contribution is 5.95. The normalized spacial score (nSPS) is 11.2. The first kappa shape index (κ1) is 17.1. The average molecular weight is 382 g/mol. The Balaban J connectivity index is 1.54. The number of para-hydroxylation sites is 1. The lowest BCUT2D eigenvalue weighted by molar-refractivity contribution is -0.116. The Kier molecular flexibility index (Phi) is 4.05. The number of carbonyl (C=O) groups is 1. The molecule has 3 aromatic heterocycles. The van der Waals surface area contributed by atoms with E-state index in [2.05, 4.69) is 15.6 Å². The highest BCUT2D eigenvalue weighted by Crippen LogP contribution is 2.29. The van der Waals surface area contributed by atoms with Crippen LogP contribution >= 0.6 is 0 Å². The number of hydrogen-bond acceptors (Lipinski definition) is 4. The molecule has 0 fully saturated rings. The van der Waals surface area contributed by atoms with Crippen LogP contribution in [0.15, 0.2) is 72.9 Å². The van der Waals surface area contributed by atoms with E-state index in [1.807, 2.05) is 84.3 Å². The van der Waals surface area contributed by atoms with E-state index in [1.165, 1.54) is 0 Å². The SMILES string of the molecule is Cc1cccn2c(NC(=O)Cn3nnc4ccccc43)c(-c3ccccc3)nc12. The van der Waals surface area contributed by atoms with Crippen LogP contribution in [0.4, 0.5) is 5.82 Å². The first-order valence-corrected chi connectivity index (χ1v) is 9.32. The highest BCUT2D eigenvalue weighted by Gasteiger charge is 2.18. The molecule has 0 unspecified atom stereocenters. The fourth-order valence-corrected chi connectivity index (χ4v) is 3.46. The molecule has 1 amide bonds. The maximum atomic E-state index is 12.9. The minimum Gasteiger partial charge on any atom is -0.308 e. The summed E-state index contributed by atoms with van der Waals surface area (Å²) in [6.45, 7) is 2.07. The number of aromatic nitrogens is 5. The van der Waals surface area contributed by atoms with Gasteiger partial charge in [0.15, 0.2) is 0 Å². The van der Waals surface area contributed by atoms with Gasteiger partial charge in [0.2, 0.25) is 5.91 Å². The largest absolute Gasteiger partial charge is 0.308 e. The molecule has 0 radical (unpaired) electrons. The number of fused-ring (bicyclic) bond motifs is 2. The quantitative estimate of drug-likeness (QED) is 0.514. The van der Waals surface area contributed by atoms with E-state index in [4.69, 9.17) is 4.98 Å². The van der Waals surface area contributed by atoms with Gasteiger partial charge in [0.25, 0.3) is 0 Å². The maximum absolute atomic E-state index is 12.9. The third kappa shape index (κ3) is 3.02. The molecule has 0 atom stereocenters. The lowest BCUT2D eigenvalue weighted by atomic mass is 10.1. The van der Waals surface area contributed by atoms with Gasteiger partial charge in [-0.15, -0.1) is 5.10 Å². The summed E-state index contributed by atoms with van der Waals surface area (Å²) in [7, 11) is 0. The average Bonchev–Trinajstić information content (AvgIpc) is 3.32. The van der Waals surface area contributed by atoms with Gasteiger partial charge in [-0.25, -0.2) is 9.67 Å². The summed E-state index contributed by atoms with van der Waals surface area (Å²) in [6.07, 6.45) is 1.91. The standard InChI is InChI=1S/C22H18N6O/c1-15-8-7-13-27-21(15)24-20(16-9-3-2-4-10-16)22(27)23-19(29)14-28-18-12-6-5-11-17(18)25-26-28/h2-13H,14H2,1H3,(H,23,29). The lowest BCUT2D eigenvalue weighted by Crippen LogP contribution is -2.20. The lowest BCUT2D eigenvalue weighted by Gasteiger charge is -2.08. The first-order chi connectivity index (χ1) is 14.2. The van der Waals surface area contributed by atoms with Crippen molar-refractivity contribution >= 4 is 28.4 Å². The predicted octanol–water partition coefficient (Wildman–Crippen LogP) is 3.69. The first-order valence-electron chi connectivity index (χ1n) is 9.32. The minimum absolute atomic E-state index is 0.0633. The number of amides is 1. The number of nitrogens with one attached hydrogen (secondary N) is 1. The Morgan fingerprint density at radius 1 is 1.00 bits per heavy atom.